The van der Waals surface area contributed by atoms with Crippen molar-refractivity contribution in [1.82, 2.24) is 14.8 Å². The lowest BCUT2D eigenvalue weighted by Crippen LogP contribution is -2.63. The Morgan fingerprint density at radius 1 is 1.06 bits per heavy atom. The molecule has 1 fully saturated rings. The normalized spacial score (nSPS) is 27.0. The van der Waals surface area contributed by atoms with Crippen molar-refractivity contribution in [2.75, 3.05) is 0 Å². The zero-order valence-corrected chi connectivity index (χ0v) is 20.1. The molecule has 5 atom stereocenters. The number of hydrogen-bond donors (Lipinski definition) is 1. The molecule has 0 aromatic carbocycles. The largest absolute Gasteiger partial charge is 0.456 e. The lowest BCUT2D eigenvalue weighted by molar-refractivity contribution is -0.229. The summed E-state index contributed by atoms with van der Waals surface area (Å²) in [6.45, 7) is 7.24. The summed E-state index contributed by atoms with van der Waals surface area (Å²) in [5, 5.41) is 14.9. The van der Waals surface area contributed by atoms with E-state index in [1.165, 1.54) is 27.0 Å². The van der Waals surface area contributed by atoms with Crippen molar-refractivity contribution in [2.45, 2.75) is 63.1 Å². The number of carbonyl (C=O) groups excluding carboxylic acids is 3. The number of aliphatic hydroxyl groups excluding tert-OH is 1. The highest BCUT2D eigenvalue weighted by atomic mass is 32.2. The summed E-state index contributed by atoms with van der Waals surface area (Å²) in [5.74, 6) is -2.08. The summed E-state index contributed by atoms with van der Waals surface area (Å²) in [4.78, 5) is 41.1. The molecule has 11 heteroatoms. The number of hydrogen-bond acceptors (Lipinski definition) is 10. The fourth-order valence-corrected chi connectivity index (χ4v) is 5.84. The van der Waals surface area contributed by atoms with Crippen molar-refractivity contribution in [2.24, 2.45) is 7.05 Å². The van der Waals surface area contributed by atoms with Gasteiger partial charge in [0.2, 0.25) is 5.60 Å². The molecule has 1 N–H and O–H groups in total. The first-order valence-electron chi connectivity index (χ1n) is 10.3. The zero-order chi connectivity index (χ0) is 24.5. The Bertz CT molecular complexity index is 1060. The molecule has 1 aliphatic rings. The second-order valence-corrected chi connectivity index (χ2v) is 9.08. The van der Waals surface area contributed by atoms with Gasteiger partial charge >= 0.3 is 17.9 Å². The number of rotatable bonds is 5. The summed E-state index contributed by atoms with van der Waals surface area (Å²) < 4.78 is 18.8. The fourth-order valence-electron chi connectivity index (χ4n) is 4.26. The quantitative estimate of drug-likeness (QED) is 0.503. The lowest BCUT2D eigenvalue weighted by atomic mass is 9.81. The number of pyridine rings is 1. The van der Waals surface area contributed by atoms with Crippen LogP contribution in [0.2, 0.25) is 0 Å². The number of aliphatic hydroxyl groups is 1. The third kappa shape index (κ3) is 4.60. The first-order chi connectivity index (χ1) is 15.5. The van der Waals surface area contributed by atoms with Crippen molar-refractivity contribution in [1.29, 1.82) is 0 Å². The Balaban J connectivity index is 2.36. The van der Waals surface area contributed by atoms with Gasteiger partial charge in [0.1, 0.15) is 5.44 Å². The molecule has 0 amide bonds. The average molecular weight is 478 g/mol. The van der Waals surface area contributed by atoms with E-state index < -0.39 is 46.4 Å². The van der Waals surface area contributed by atoms with Crippen molar-refractivity contribution in [3.63, 3.8) is 0 Å². The van der Waals surface area contributed by atoms with Crippen LogP contribution in [0.5, 0.6) is 0 Å². The molecule has 33 heavy (non-hydrogen) atoms. The second kappa shape index (κ2) is 9.52. The van der Waals surface area contributed by atoms with E-state index in [0.717, 1.165) is 17.5 Å². The molecule has 3 rings (SSSR count). The summed E-state index contributed by atoms with van der Waals surface area (Å²) in [5.41, 5.74) is -0.957. The summed E-state index contributed by atoms with van der Waals surface area (Å²) in [7, 11) is 1.77. The van der Waals surface area contributed by atoms with Crippen LogP contribution in [0, 0.1) is 13.8 Å². The number of aromatic nitrogens is 3. The number of ether oxygens (including phenoxy) is 3. The highest BCUT2D eigenvalue weighted by molar-refractivity contribution is 8.00. The van der Waals surface area contributed by atoms with Gasteiger partial charge in [0.05, 0.1) is 16.6 Å². The van der Waals surface area contributed by atoms with E-state index in [9.17, 15) is 19.5 Å². The number of carbonyl (C=O) groups is 3. The number of esters is 3. The Labute approximate surface area is 195 Å². The van der Waals surface area contributed by atoms with Gasteiger partial charge in [-0.05, 0) is 26.0 Å². The van der Waals surface area contributed by atoms with Gasteiger partial charge in [-0.3, -0.25) is 24.0 Å². The van der Waals surface area contributed by atoms with Crippen LogP contribution in [0.1, 0.15) is 48.7 Å². The standard InChI is InChI=1S/C22H27N3O7S/c1-11-17(12(2)25(6)24-11)18-19(30-13(3)26)22(32-15(5)28,16-9-7-8-10-23-16)20(21(29)33-18)31-14(4)27/h7-10,18-21,29H,1-6H3/t18?,19-,20+,21-,22+/m1/s1. The smallest absolute Gasteiger partial charge is 0.303 e. The number of thioether (sulfide) groups is 1. The Kier molecular flexibility index (Phi) is 7.13. The molecule has 178 valence electrons. The van der Waals surface area contributed by atoms with E-state index in [4.69, 9.17) is 14.2 Å². The number of aryl methyl sites for hydroxylation is 2. The maximum Gasteiger partial charge on any atom is 0.303 e. The van der Waals surface area contributed by atoms with E-state index >= 15 is 0 Å². The van der Waals surface area contributed by atoms with E-state index in [1.54, 1.807) is 36.9 Å². The molecule has 0 radical (unpaired) electrons. The van der Waals surface area contributed by atoms with Crippen LogP contribution in [0.25, 0.3) is 0 Å². The third-order valence-corrected chi connectivity index (χ3v) is 6.78. The maximum absolute atomic E-state index is 12.4. The van der Waals surface area contributed by atoms with Gasteiger partial charge in [-0.25, -0.2) is 0 Å². The molecule has 0 spiro atoms. The van der Waals surface area contributed by atoms with Gasteiger partial charge in [0, 0.05) is 45.3 Å². The molecule has 0 saturated carbocycles. The van der Waals surface area contributed by atoms with Crippen LogP contribution >= 0.6 is 11.8 Å². The average Bonchev–Trinajstić information content (AvgIpc) is 2.98. The molecule has 1 aliphatic heterocycles. The lowest BCUT2D eigenvalue weighted by Gasteiger charge is -2.50. The van der Waals surface area contributed by atoms with Crippen LogP contribution < -0.4 is 0 Å². The Hall–Kier alpha value is -2.92. The van der Waals surface area contributed by atoms with Gasteiger partial charge in [0.25, 0.3) is 0 Å². The number of nitrogens with zero attached hydrogens (tertiary/aromatic N) is 3. The van der Waals surface area contributed by atoms with Gasteiger partial charge in [0.15, 0.2) is 12.2 Å². The van der Waals surface area contributed by atoms with Crippen LogP contribution in [-0.4, -0.2) is 55.4 Å². The molecule has 1 unspecified atom stereocenters. The molecular weight excluding hydrogens is 450 g/mol. The summed E-state index contributed by atoms with van der Waals surface area (Å²) >= 11 is 1.03. The van der Waals surface area contributed by atoms with Crippen molar-refractivity contribution in [3.8, 4) is 0 Å². The third-order valence-electron chi connectivity index (χ3n) is 5.48. The van der Waals surface area contributed by atoms with Gasteiger partial charge in [-0.1, -0.05) is 6.07 Å². The molecule has 3 heterocycles. The molecule has 0 aliphatic carbocycles. The van der Waals surface area contributed by atoms with Crippen LogP contribution in [0.15, 0.2) is 24.4 Å². The summed E-state index contributed by atoms with van der Waals surface area (Å²) in [6.07, 6.45) is -1.13. The van der Waals surface area contributed by atoms with Gasteiger partial charge < -0.3 is 19.3 Å². The van der Waals surface area contributed by atoms with E-state index in [0.29, 0.717) is 11.3 Å². The minimum Gasteiger partial charge on any atom is -0.456 e. The highest BCUT2D eigenvalue weighted by Crippen LogP contribution is 2.55. The first-order valence-corrected chi connectivity index (χ1v) is 11.2. The molecule has 2 aromatic rings. The Morgan fingerprint density at radius 2 is 1.70 bits per heavy atom. The first kappa shape index (κ1) is 24.7. The molecule has 2 aromatic heterocycles. The van der Waals surface area contributed by atoms with Gasteiger partial charge in [-0.2, -0.15) is 5.10 Å². The highest BCUT2D eigenvalue weighted by Gasteiger charge is 2.65. The van der Waals surface area contributed by atoms with Crippen LogP contribution in [0.4, 0.5) is 0 Å². The van der Waals surface area contributed by atoms with Crippen LogP contribution in [0.3, 0.4) is 0 Å². The zero-order valence-electron chi connectivity index (χ0n) is 19.3. The topological polar surface area (TPSA) is 130 Å². The summed E-state index contributed by atoms with van der Waals surface area (Å²) in [6, 6.07) is 4.89. The molecule has 10 nitrogen and oxygen atoms in total. The minimum atomic E-state index is -1.92. The van der Waals surface area contributed by atoms with Crippen molar-refractivity contribution >= 4 is 29.7 Å². The van der Waals surface area contributed by atoms with Crippen molar-refractivity contribution < 1.29 is 33.7 Å². The minimum absolute atomic E-state index is 0.168. The van der Waals surface area contributed by atoms with E-state index in [-0.39, 0.29) is 5.69 Å². The van der Waals surface area contributed by atoms with E-state index in [2.05, 4.69) is 10.1 Å². The second-order valence-electron chi connectivity index (χ2n) is 7.82. The van der Waals surface area contributed by atoms with Crippen molar-refractivity contribution in [3.05, 3.63) is 47.0 Å². The molecular formula is C22H27N3O7S. The molecule has 0 bridgehead atoms. The van der Waals surface area contributed by atoms with Gasteiger partial charge in [-0.15, -0.1) is 11.8 Å². The van der Waals surface area contributed by atoms with E-state index in [1.807, 2.05) is 6.92 Å². The fraction of sp³-hybridized carbons (Fsp3) is 0.500. The predicted molar refractivity (Wildman–Crippen MR) is 118 cm³/mol. The predicted octanol–water partition coefficient (Wildman–Crippen LogP) is 1.86. The molecule has 1 saturated heterocycles. The van der Waals surface area contributed by atoms with Crippen LogP contribution in [-0.2, 0) is 41.2 Å². The SMILES string of the molecule is CC(=O)O[C@@H]1C(c2c(C)nn(C)c2C)S[C@@H](O)[C@H](OC(C)=O)[C@]1(OC(C)=O)c1ccccn1. The maximum atomic E-state index is 12.4. The monoisotopic (exact) mass is 477 g/mol. The Morgan fingerprint density at radius 3 is 2.18 bits per heavy atom.